The number of carbonyl (C=O) groups excluding carboxylic acids is 1. The number of fused-ring (bicyclic) bond motifs is 2. The van der Waals surface area contributed by atoms with Crippen molar-refractivity contribution in [3.8, 4) is 22.8 Å². The Morgan fingerprint density at radius 1 is 1.07 bits per heavy atom. The summed E-state index contributed by atoms with van der Waals surface area (Å²) in [6, 6.07) is 5.97. The second-order valence-electron chi connectivity index (χ2n) is 7.17. The summed E-state index contributed by atoms with van der Waals surface area (Å²) in [5.41, 5.74) is 1.43. The summed E-state index contributed by atoms with van der Waals surface area (Å²) in [6.45, 7) is 6.43. The molecule has 29 heavy (non-hydrogen) atoms. The lowest BCUT2D eigenvalue weighted by Crippen LogP contribution is -2.34. The van der Waals surface area contributed by atoms with Crippen molar-refractivity contribution in [2.45, 2.75) is 26.5 Å². The van der Waals surface area contributed by atoms with Gasteiger partial charge < -0.3 is 20.2 Å². The third-order valence-electron chi connectivity index (χ3n) is 5.47. The highest BCUT2D eigenvalue weighted by Crippen LogP contribution is 2.47. The molecule has 0 spiro atoms. The van der Waals surface area contributed by atoms with Crippen LogP contribution in [0.3, 0.4) is 0 Å². The molecule has 1 heterocycles. The molecule has 0 bridgehead atoms. The van der Waals surface area contributed by atoms with E-state index in [9.17, 15) is 20.1 Å². The zero-order valence-electron chi connectivity index (χ0n) is 16.2. The van der Waals surface area contributed by atoms with E-state index in [1.54, 1.807) is 16.8 Å². The maximum absolute atomic E-state index is 13.1. The largest absolute Gasteiger partial charge is 0.507 e. The zero-order valence-corrected chi connectivity index (χ0v) is 16.9. The van der Waals surface area contributed by atoms with Crippen LogP contribution >= 0.6 is 11.6 Å². The van der Waals surface area contributed by atoms with Crippen molar-refractivity contribution in [1.29, 1.82) is 0 Å². The molecular weight excluding hydrogens is 394 g/mol. The Balaban J connectivity index is 1.89. The van der Waals surface area contributed by atoms with Crippen molar-refractivity contribution >= 4 is 28.3 Å². The van der Waals surface area contributed by atoms with Crippen LogP contribution in [0.2, 0.25) is 5.02 Å². The molecule has 1 unspecified atom stereocenters. The number of aliphatic hydroxyl groups excluding tert-OH is 1. The highest BCUT2D eigenvalue weighted by atomic mass is 35.5. The Labute approximate surface area is 172 Å². The molecule has 2 aromatic carbocycles. The number of phenols is 2. The predicted octanol–water partition coefficient (Wildman–Crippen LogP) is 3.02. The molecule has 0 saturated carbocycles. The van der Waals surface area contributed by atoms with Crippen LogP contribution in [-0.2, 0) is 6.54 Å². The summed E-state index contributed by atoms with van der Waals surface area (Å²) < 4.78 is 1.63. The van der Waals surface area contributed by atoms with Crippen molar-refractivity contribution in [2.75, 3.05) is 19.6 Å². The van der Waals surface area contributed by atoms with E-state index in [0.29, 0.717) is 23.1 Å². The number of aromatic nitrogens is 2. The lowest BCUT2D eigenvalue weighted by atomic mass is 9.86. The molecule has 0 amide bonds. The Hall–Kier alpha value is -2.61. The van der Waals surface area contributed by atoms with Gasteiger partial charge in [0.05, 0.1) is 39.9 Å². The summed E-state index contributed by atoms with van der Waals surface area (Å²) in [6.07, 6.45) is -0.668. The first-order chi connectivity index (χ1) is 13.9. The molecule has 0 fully saturated rings. The Morgan fingerprint density at radius 3 is 2.38 bits per heavy atom. The van der Waals surface area contributed by atoms with E-state index in [0.717, 1.165) is 13.1 Å². The quantitative estimate of drug-likeness (QED) is 0.419. The summed E-state index contributed by atoms with van der Waals surface area (Å²) in [5.74, 6) is -0.843. The van der Waals surface area contributed by atoms with Crippen LogP contribution in [0.4, 0.5) is 0 Å². The first-order valence-electron chi connectivity index (χ1n) is 9.56. The Kier molecular flexibility index (Phi) is 4.98. The van der Waals surface area contributed by atoms with Crippen molar-refractivity contribution in [2.24, 2.45) is 0 Å². The van der Waals surface area contributed by atoms with Crippen molar-refractivity contribution < 1.29 is 20.1 Å². The van der Waals surface area contributed by atoms with Crippen LogP contribution in [0, 0.1) is 0 Å². The van der Waals surface area contributed by atoms with Gasteiger partial charge in [-0.2, -0.15) is 5.10 Å². The average molecular weight is 416 g/mol. The molecule has 1 aromatic heterocycles. The van der Waals surface area contributed by atoms with Gasteiger partial charge in [0.25, 0.3) is 0 Å². The van der Waals surface area contributed by atoms with Gasteiger partial charge in [-0.3, -0.25) is 9.48 Å². The van der Waals surface area contributed by atoms with E-state index in [1.807, 2.05) is 13.8 Å². The molecule has 8 heteroatoms. The fourth-order valence-corrected chi connectivity index (χ4v) is 4.24. The van der Waals surface area contributed by atoms with E-state index in [2.05, 4.69) is 10.00 Å². The van der Waals surface area contributed by atoms with E-state index >= 15 is 0 Å². The van der Waals surface area contributed by atoms with Gasteiger partial charge in [-0.15, -0.1) is 0 Å². The highest BCUT2D eigenvalue weighted by molar-refractivity contribution is 6.39. The number of phenolic OH excluding ortho intramolecular Hbond substituents is 2. The minimum Gasteiger partial charge on any atom is -0.507 e. The van der Waals surface area contributed by atoms with E-state index < -0.39 is 11.9 Å². The maximum atomic E-state index is 13.1. The number of carbonyl (C=O) groups is 1. The van der Waals surface area contributed by atoms with Gasteiger partial charge in [0.2, 0.25) is 0 Å². The van der Waals surface area contributed by atoms with Crippen LogP contribution in [0.25, 0.3) is 22.2 Å². The number of aliphatic hydroxyl groups is 1. The number of hydrogen-bond donors (Lipinski definition) is 3. The maximum Gasteiger partial charge on any atom is 0.199 e. The zero-order chi connectivity index (χ0) is 20.9. The number of rotatable bonds is 6. The van der Waals surface area contributed by atoms with Gasteiger partial charge >= 0.3 is 0 Å². The summed E-state index contributed by atoms with van der Waals surface area (Å²) in [4.78, 5) is 15.2. The summed E-state index contributed by atoms with van der Waals surface area (Å²) in [5, 5.41) is 36.6. The number of aromatic hydroxyl groups is 2. The Bertz CT molecular complexity index is 1120. The first kappa shape index (κ1) is 19.7. The molecule has 0 aliphatic heterocycles. The number of halogens is 1. The van der Waals surface area contributed by atoms with E-state index in [-0.39, 0.29) is 39.8 Å². The van der Waals surface area contributed by atoms with Gasteiger partial charge in [-0.1, -0.05) is 25.4 Å². The molecule has 0 saturated heterocycles. The smallest absolute Gasteiger partial charge is 0.199 e. The predicted molar refractivity (Wildman–Crippen MR) is 111 cm³/mol. The standard InChI is InChI=1S/C21H22ClN3O4/c1-3-24(4-2)9-11(26)10-25-13-6-5-12(22)16-17(13)20(23-25)18-14(27)7-8-15(28)19(18)21(16)29/h5-8,11,26-28H,3-4,9-10H2,1-2H3. The fourth-order valence-electron chi connectivity index (χ4n) is 3.99. The molecule has 7 nitrogen and oxygen atoms in total. The SMILES string of the molecule is CCN(CC)CC(O)Cn1nc2c3c(c(Cl)ccc31)C(=O)c1c(O)ccc(O)c1-2. The van der Waals surface area contributed by atoms with Crippen LogP contribution in [0.15, 0.2) is 24.3 Å². The summed E-state index contributed by atoms with van der Waals surface area (Å²) in [7, 11) is 0. The third kappa shape index (κ3) is 3.06. The number of hydrogen-bond acceptors (Lipinski definition) is 6. The molecule has 3 N–H and O–H groups in total. The van der Waals surface area contributed by atoms with Crippen LogP contribution in [0.5, 0.6) is 11.5 Å². The molecule has 3 aromatic rings. The van der Waals surface area contributed by atoms with Crippen LogP contribution in [-0.4, -0.2) is 61.5 Å². The van der Waals surface area contributed by atoms with Crippen molar-refractivity contribution in [1.82, 2.24) is 14.7 Å². The fraction of sp³-hybridized carbons (Fsp3) is 0.333. The van der Waals surface area contributed by atoms with Gasteiger partial charge in [-0.25, -0.2) is 0 Å². The highest BCUT2D eigenvalue weighted by Gasteiger charge is 2.35. The van der Waals surface area contributed by atoms with E-state index in [4.69, 9.17) is 11.6 Å². The second-order valence-corrected chi connectivity index (χ2v) is 7.58. The molecule has 1 atom stereocenters. The minimum atomic E-state index is -0.668. The molecule has 1 aliphatic rings. The van der Waals surface area contributed by atoms with Gasteiger partial charge in [0.1, 0.15) is 17.2 Å². The lowest BCUT2D eigenvalue weighted by Gasteiger charge is -2.22. The normalized spacial score (nSPS) is 13.9. The topological polar surface area (TPSA) is 98.8 Å². The first-order valence-corrected chi connectivity index (χ1v) is 9.94. The number of ketones is 1. The number of likely N-dealkylation sites (N-methyl/N-ethyl adjacent to an activating group) is 1. The molecular formula is C21H22ClN3O4. The van der Waals surface area contributed by atoms with Crippen molar-refractivity contribution in [3.63, 3.8) is 0 Å². The van der Waals surface area contributed by atoms with E-state index in [1.165, 1.54) is 12.1 Å². The summed E-state index contributed by atoms with van der Waals surface area (Å²) >= 11 is 6.33. The van der Waals surface area contributed by atoms with Crippen molar-refractivity contribution in [3.05, 3.63) is 40.4 Å². The van der Waals surface area contributed by atoms with Crippen LogP contribution < -0.4 is 0 Å². The molecule has 4 rings (SSSR count). The Morgan fingerprint density at radius 2 is 1.72 bits per heavy atom. The lowest BCUT2D eigenvalue weighted by molar-refractivity contribution is 0.101. The van der Waals surface area contributed by atoms with Crippen LogP contribution in [0.1, 0.15) is 29.8 Å². The molecule has 1 aliphatic carbocycles. The monoisotopic (exact) mass is 415 g/mol. The molecule has 152 valence electrons. The van der Waals surface area contributed by atoms with Gasteiger partial charge in [0.15, 0.2) is 5.78 Å². The minimum absolute atomic E-state index is 0.0131. The number of nitrogens with zero attached hydrogens (tertiary/aromatic N) is 3. The number of benzene rings is 2. The second kappa shape index (κ2) is 7.33. The molecule has 0 radical (unpaired) electrons. The third-order valence-corrected chi connectivity index (χ3v) is 5.78. The van der Waals surface area contributed by atoms with Gasteiger partial charge in [-0.05, 0) is 37.4 Å². The van der Waals surface area contributed by atoms with Gasteiger partial charge in [0, 0.05) is 11.9 Å². The average Bonchev–Trinajstić information content (AvgIpc) is 3.05.